The van der Waals surface area contributed by atoms with Gasteiger partial charge in [0.1, 0.15) is 12.7 Å². The standard InChI is InChI=1S/C13H17N5OS/c19-12(6-7-18-9-14-8-15-18)17-13-16-10-4-2-1-3-5-11(10)20-13/h8-9H,1-7H2,(H,16,17,19). The highest BCUT2D eigenvalue weighted by atomic mass is 32.1. The van der Waals surface area contributed by atoms with Crippen LogP contribution in [0.5, 0.6) is 0 Å². The first kappa shape index (κ1) is 13.2. The van der Waals surface area contributed by atoms with Crippen molar-refractivity contribution in [2.45, 2.75) is 45.1 Å². The predicted molar refractivity (Wildman–Crippen MR) is 76.6 cm³/mol. The van der Waals surface area contributed by atoms with Crippen LogP contribution >= 0.6 is 11.3 Å². The molecule has 2 heterocycles. The maximum Gasteiger partial charge on any atom is 0.228 e. The fraction of sp³-hybridized carbons (Fsp3) is 0.538. The van der Waals surface area contributed by atoms with Crippen LogP contribution < -0.4 is 5.32 Å². The number of fused-ring (bicyclic) bond motifs is 1. The fourth-order valence-electron chi connectivity index (χ4n) is 2.33. The normalized spacial score (nSPS) is 14.6. The van der Waals surface area contributed by atoms with Gasteiger partial charge in [-0.25, -0.2) is 9.97 Å². The number of nitrogens with zero attached hydrogens (tertiary/aromatic N) is 4. The highest BCUT2D eigenvalue weighted by molar-refractivity contribution is 7.15. The zero-order valence-corrected chi connectivity index (χ0v) is 12.0. The lowest BCUT2D eigenvalue weighted by atomic mass is 10.2. The fourth-order valence-corrected chi connectivity index (χ4v) is 3.39. The highest BCUT2D eigenvalue weighted by Crippen LogP contribution is 2.28. The highest BCUT2D eigenvalue weighted by Gasteiger charge is 2.15. The molecule has 7 heteroatoms. The Morgan fingerprint density at radius 3 is 3.10 bits per heavy atom. The Hall–Kier alpha value is -1.76. The van der Waals surface area contributed by atoms with Gasteiger partial charge in [0.15, 0.2) is 5.13 Å². The van der Waals surface area contributed by atoms with Crippen molar-refractivity contribution in [2.24, 2.45) is 0 Å². The third kappa shape index (κ3) is 3.22. The number of hydrogen-bond acceptors (Lipinski definition) is 5. The molecule has 0 unspecified atom stereocenters. The first-order chi connectivity index (χ1) is 9.81. The predicted octanol–water partition coefficient (Wildman–Crippen LogP) is 2.03. The lowest BCUT2D eigenvalue weighted by Crippen LogP contribution is -2.14. The van der Waals surface area contributed by atoms with Crippen molar-refractivity contribution in [2.75, 3.05) is 5.32 Å². The zero-order chi connectivity index (χ0) is 13.8. The molecule has 0 fully saturated rings. The van der Waals surface area contributed by atoms with Crippen LogP contribution in [0.2, 0.25) is 0 Å². The third-order valence-corrected chi connectivity index (χ3v) is 4.45. The van der Waals surface area contributed by atoms with Gasteiger partial charge in [-0.2, -0.15) is 5.10 Å². The number of carbonyl (C=O) groups is 1. The van der Waals surface area contributed by atoms with Crippen molar-refractivity contribution in [3.63, 3.8) is 0 Å². The molecule has 1 N–H and O–H groups in total. The lowest BCUT2D eigenvalue weighted by molar-refractivity contribution is -0.116. The van der Waals surface area contributed by atoms with E-state index in [0.29, 0.717) is 13.0 Å². The Bertz CT molecular complexity index is 554. The van der Waals surface area contributed by atoms with E-state index in [0.717, 1.165) is 18.0 Å². The molecule has 0 atom stereocenters. The molecule has 2 aromatic heterocycles. The maximum atomic E-state index is 11.9. The molecule has 0 spiro atoms. The van der Waals surface area contributed by atoms with Gasteiger partial charge in [0.25, 0.3) is 0 Å². The van der Waals surface area contributed by atoms with Crippen LogP contribution in [-0.4, -0.2) is 25.7 Å². The van der Waals surface area contributed by atoms with Crippen molar-refractivity contribution in [3.05, 3.63) is 23.2 Å². The number of anilines is 1. The average Bonchev–Trinajstić information content (AvgIpc) is 3.03. The molecule has 1 aliphatic carbocycles. The first-order valence-corrected chi connectivity index (χ1v) is 7.74. The number of amides is 1. The smallest absolute Gasteiger partial charge is 0.228 e. The minimum Gasteiger partial charge on any atom is -0.302 e. The van der Waals surface area contributed by atoms with Crippen molar-refractivity contribution < 1.29 is 4.79 Å². The number of hydrogen-bond donors (Lipinski definition) is 1. The summed E-state index contributed by atoms with van der Waals surface area (Å²) in [5.41, 5.74) is 1.18. The maximum absolute atomic E-state index is 11.9. The second-order valence-corrected chi connectivity index (χ2v) is 5.99. The molecule has 0 aliphatic heterocycles. The van der Waals surface area contributed by atoms with Crippen LogP contribution in [0.4, 0.5) is 5.13 Å². The Balaban J connectivity index is 1.56. The van der Waals surface area contributed by atoms with E-state index in [4.69, 9.17) is 0 Å². The van der Waals surface area contributed by atoms with E-state index in [1.165, 1.54) is 36.2 Å². The van der Waals surface area contributed by atoms with Crippen LogP contribution in [-0.2, 0) is 24.2 Å². The van der Waals surface area contributed by atoms with Gasteiger partial charge >= 0.3 is 0 Å². The minimum atomic E-state index is -0.0237. The van der Waals surface area contributed by atoms with Gasteiger partial charge in [-0.1, -0.05) is 6.42 Å². The summed E-state index contributed by atoms with van der Waals surface area (Å²) in [7, 11) is 0. The van der Waals surface area contributed by atoms with Crippen LogP contribution in [0.15, 0.2) is 12.7 Å². The Morgan fingerprint density at radius 2 is 2.25 bits per heavy atom. The van der Waals surface area contributed by atoms with E-state index in [9.17, 15) is 4.79 Å². The van der Waals surface area contributed by atoms with Crippen molar-refractivity contribution in [3.8, 4) is 0 Å². The van der Waals surface area contributed by atoms with Gasteiger partial charge in [-0.05, 0) is 25.7 Å². The molecule has 3 rings (SSSR count). The van der Waals surface area contributed by atoms with E-state index >= 15 is 0 Å². The minimum absolute atomic E-state index is 0.0237. The summed E-state index contributed by atoms with van der Waals surface area (Å²) in [6.45, 7) is 0.539. The number of nitrogens with one attached hydrogen (secondary N) is 1. The average molecular weight is 291 g/mol. The van der Waals surface area contributed by atoms with Gasteiger partial charge in [0.05, 0.1) is 12.2 Å². The second kappa shape index (κ2) is 6.13. The summed E-state index contributed by atoms with van der Waals surface area (Å²) in [6, 6.07) is 0. The van der Waals surface area contributed by atoms with Gasteiger partial charge in [0, 0.05) is 11.3 Å². The molecule has 0 saturated carbocycles. The summed E-state index contributed by atoms with van der Waals surface area (Å²) < 4.78 is 1.65. The number of rotatable bonds is 4. The molecule has 6 nitrogen and oxygen atoms in total. The molecule has 20 heavy (non-hydrogen) atoms. The quantitative estimate of drug-likeness (QED) is 0.875. The molecule has 0 saturated heterocycles. The number of carbonyl (C=O) groups excluding carboxylic acids is 1. The van der Waals surface area contributed by atoms with Gasteiger partial charge < -0.3 is 5.32 Å². The Kier molecular flexibility index (Phi) is 4.05. The second-order valence-electron chi connectivity index (χ2n) is 4.91. The number of thiazole rings is 1. The Labute approximate surface area is 121 Å². The number of aryl methyl sites for hydroxylation is 3. The molecule has 0 aromatic carbocycles. The van der Waals surface area contributed by atoms with Gasteiger partial charge in [-0.15, -0.1) is 11.3 Å². The molecule has 0 bridgehead atoms. The van der Waals surface area contributed by atoms with E-state index in [1.54, 1.807) is 22.3 Å². The zero-order valence-electron chi connectivity index (χ0n) is 11.2. The molecule has 1 aliphatic rings. The van der Waals surface area contributed by atoms with E-state index < -0.39 is 0 Å². The first-order valence-electron chi connectivity index (χ1n) is 6.92. The largest absolute Gasteiger partial charge is 0.302 e. The number of aromatic nitrogens is 4. The summed E-state index contributed by atoms with van der Waals surface area (Å²) in [5, 5.41) is 7.60. The van der Waals surface area contributed by atoms with Gasteiger partial charge in [0.2, 0.25) is 5.91 Å². The van der Waals surface area contributed by atoms with Crippen LogP contribution in [0, 0.1) is 0 Å². The molecular weight excluding hydrogens is 274 g/mol. The summed E-state index contributed by atoms with van der Waals surface area (Å²) in [4.78, 5) is 21.6. The summed E-state index contributed by atoms with van der Waals surface area (Å²) in [5.74, 6) is -0.0237. The van der Waals surface area contributed by atoms with E-state index in [1.807, 2.05) is 0 Å². The topological polar surface area (TPSA) is 72.7 Å². The monoisotopic (exact) mass is 291 g/mol. The van der Waals surface area contributed by atoms with E-state index in [-0.39, 0.29) is 5.91 Å². The van der Waals surface area contributed by atoms with Crippen molar-refractivity contribution >= 4 is 22.4 Å². The summed E-state index contributed by atoms with van der Waals surface area (Å²) in [6.07, 6.45) is 9.32. The Morgan fingerprint density at radius 1 is 1.35 bits per heavy atom. The van der Waals surface area contributed by atoms with Gasteiger partial charge in [-0.3, -0.25) is 9.48 Å². The molecule has 0 radical (unpaired) electrons. The SMILES string of the molecule is O=C(CCn1cncn1)Nc1nc2c(s1)CCCCC2. The van der Waals surface area contributed by atoms with Crippen molar-refractivity contribution in [1.82, 2.24) is 19.7 Å². The molecule has 106 valence electrons. The van der Waals surface area contributed by atoms with Crippen molar-refractivity contribution in [1.29, 1.82) is 0 Å². The summed E-state index contributed by atoms with van der Waals surface area (Å²) >= 11 is 1.62. The molecular formula is C13H17N5OS. The van der Waals surface area contributed by atoms with E-state index in [2.05, 4.69) is 20.4 Å². The lowest BCUT2D eigenvalue weighted by Gasteiger charge is -2.01. The van der Waals surface area contributed by atoms with Crippen LogP contribution in [0.3, 0.4) is 0 Å². The molecule has 1 amide bonds. The van der Waals surface area contributed by atoms with Crippen LogP contribution in [0.1, 0.15) is 36.3 Å². The van der Waals surface area contributed by atoms with Crippen LogP contribution in [0.25, 0.3) is 0 Å². The molecule has 2 aromatic rings. The third-order valence-electron chi connectivity index (χ3n) is 3.38.